The van der Waals surface area contributed by atoms with Gasteiger partial charge in [0.1, 0.15) is 0 Å². The zero-order valence-electron chi connectivity index (χ0n) is 37.2. The summed E-state index contributed by atoms with van der Waals surface area (Å²) >= 11 is 0. The lowest BCUT2D eigenvalue weighted by molar-refractivity contribution is 1.07. The van der Waals surface area contributed by atoms with Crippen LogP contribution in [-0.2, 0) is 0 Å². The van der Waals surface area contributed by atoms with Crippen LogP contribution in [0.4, 0.5) is 0 Å². The SMILES string of the molecule is Cc1ccc2c(c1)c1ccccc1n2-c1ccc(-c2ccc(C#N)cc2)c(-c2nc(-c3ccccc3)nc(-c3cc(-n4c5ccccc5c5cc(C)ccc54)ccc3-c3ccc(C#N)cc3)n2)c1. The predicted molar refractivity (Wildman–Crippen MR) is 275 cm³/mol. The quantitative estimate of drug-likeness (QED) is 0.159. The number of benzene rings is 9. The second-order valence-corrected chi connectivity index (χ2v) is 17.3. The Morgan fingerprint density at radius 3 is 1.21 bits per heavy atom. The van der Waals surface area contributed by atoms with Crippen LogP contribution in [0.15, 0.2) is 200 Å². The van der Waals surface area contributed by atoms with Gasteiger partial charge in [0.25, 0.3) is 0 Å². The van der Waals surface area contributed by atoms with Gasteiger partial charge >= 0.3 is 0 Å². The number of para-hydroxylation sites is 2. The van der Waals surface area contributed by atoms with Crippen LogP contribution in [0, 0.1) is 36.5 Å². The molecule has 0 spiro atoms. The maximum atomic E-state index is 9.77. The number of hydrogen-bond donors (Lipinski definition) is 0. The molecule has 12 rings (SSSR count). The molecule has 68 heavy (non-hydrogen) atoms. The number of rotatable bonds is 7. The molecular formula is C61H39N7. The zero-order chi connectivity index (χ0) is 45.9. The smallest absolute Gasteiger partial charge is 0.164 e. The van der Waals surface area contributed by atoms with Gasteiger partial charge < -0.3 is 9.13 Å². The minimum atomic E-state index is 0.496. The summed E-state index contributed by atoms with van der Waals surface area (Å²) in [6.07, 6.45) is 0. The van der Waals surface area contributed by atoms with E-state index in [1.54, 1.807) is 0 Å². The lowest BCUT2D eigenvalue weighted by Gasteiger charge is -2.17. The average Bonchev–Trinajstić information content (AvgIpc) is 3.90. The minimum Gasteiger partial charge on any atom is -0.309 e. The number of fused-ring (bicyclic) bond motifs is 6. The molecule has 0 amide bonds. The Balaban J connectivity index is 1.15. The van der Waals surface area contributed by atoms with Crippen molar-refractivity contribution in [3.63, 3.8) is 0 Å². The second-order valence-electron chi connectivity index (χ2n) is 17.3. The molecule has 0 aliphatic rings. The van der Waals surface area contributed by atoms with Crippen molar-refractivity contribution in [1.82, 2.24) is 24.1 Å². The van der Waals surface area contributed by atoms with E-state index in [1.165, 1.54) is 32.7 Å². The minimum absolute atomic E-state index is 0.496. The van der Waals surface area contributed by atoms with Gasteiger partial charge in [-0.2, -0.15) is 10.5 Å². The van der Waals surface area contributed by atoms with E-state index in [2.05, 4.69) is 156 Å². The molecule has 9 aromatic carbocycles. The van der Waals surface area contributed by atoms with E-state index in [-0.39, 0.29) is 0 Å². The molecule has 0 aliphatic heterocycles. The first kappa shape index (κ1) is 40.1. The van der Waals surface area contributed by atoms with Crippen molar-refractivity contribution < 1.29 is 0 Å². The van der Waals surface area contributed by atoms with Gasteiger partial charge in [0.05, 0.1) is 45.3 Å². The summed E-state index contributed by atoms with van der Waals surface area (Å²) in [4.78, 5) is 16.2. The monoisotopic (exact) mass is 869 g/mol. The van der Waals surface area contributed by atoms with Gasteiger partial charge in [-0.15, -0.1) is 0 Å². The van der Waals surface area contributed by atoms with Gasteiger partial charge in [-0.05, 0) is 121 Å². The largest absolute Gasteiger partial charge is 0.309 e. The van der Waals surface area contributed by atoms with Crippen LogP contribution in [0.25, 0.3) is 111 Å². The first-order valence-electron chi connectivity index (χ1n) is 22.5. The van der Waals surface area contributed by atoms with Crippen molar-refractivity contribution in [3.8, 4) is 79.9 Å². The Labute approximate surface area is 392 Å². The third-order valence-corrected chi connectivity index (χ3v) is 13.0. The highest BCUT2D eigenvalue weighted by Crippen LogP contribution is 2.41. The van der Waals surface area contributed by atoms with Crippen LogP contribution in [0.2, 0.25) is 0 Å². The standard InChI is InChI=1S/C61H39N7/c1-38-16-30-57-51(32-38)49-12-6-8-14-55(49)67(57)45-26-28-47(42-22-18-40(36-62)19-23-42)53(34-45)60-64-59(44-10-4-3-5-11-44)65-61(66-60)54-35-46(27-29-48(54)43-24-20-41(37-63)21-25-43)68-56-15-9-7-13-50(56)52-33-39(2)17-31-58(52)68/h3-35H,1-2H3. The molecule has 3 aromatic heterocycles. The molecule has 7 heteroatoms. The summed E-state index contributed by atoms with van der Waals surface area (Å²) < 4.78 is 4.63. The van der Waals surface area contributed by atoms with Gasteiger partial charge in [0.15, 0.2) is 17.5 Å². The Morgan fingerprint density at radius 1 is 0.338 bits per heavy atom. The van der Waals surface area contributed by atoms with Crippen molar-refractivity contribution in [2.75, 3.05) is 0 Å². The predicted octanol–water partition coefficient (Wildman–Crippen LogP) is 14.8. The van der Waals surface area contributed by atoms with Gasteiger partial charge in [0, 0.05) is 49.6 Å². The maximum Gasteiger partial charge on any atom is 0.164 e. The molecule has 7 nitrogen and oxygen atoms in total. The van der Waals surface area contributed by atoms with Gasteiger partial charge in [-0.1, -0.05) is 126 Å². The van der Waals surface area contributed by atoms with E-state index in [1.807, 2.05) is 78.9 Å². The molecular weight excluding hydrogens is 831 g/mol. The fourth-order valence-electron chi connectivity index (χ4n) is 9.73. The average molecular weight is 870 g/mol. The Bertz CT molecular complexity index is 3810. The fraction of sp³-hybridized carbons (Fsp3) is 0.0328. The Kier molecular flexibility index (Phi) is 9.57. The molecule has 318 valence electrons. The third kappa shape index (κ3) is 6.78. The highest BCUT2D eigenvalue weighted by molar-refractivity contribution is 6.10. The molecule has 0 unspecified atom stereocenters. The van der Waals surface area contributed by atoms with Gasteiger partial charge in [-0.25, -0.2) is 15.0 Å². The second kappa shape index (κ2) is 16.2. The third-order valence-electron chi connectivity index (χ3n) is 13.0. The molecule has 0 fully saturated rings. The highest BCUT2D eigenvalue weighted by Gasteiger charge is 2.22. The Morgan fingerprint density at radius 2 is 0.750 bits per heavy atom. The molecule has 0 saturated carbocycles. The van der Waals surface area contributed by atoms with Crippen molar-refractivity contribution >= 4 is 43.6 Å². The maximum absolute atomic E-state index is 9.77. The fourth-order valence-corrected chi connectivity index (χ4v) is 9.73. The summed E-state index contributed by atoms with van der Waals surface area (Å²) in [5.41, 5.74) is 16.0. The topological polar surface area (TPSA) is 96.1 Å². The highest BCUT2D eigenvalue weighted by atomic mass is 15.0. The molecule has 0 atom stereocenters. The number of hydrogen-bond acceptors (Lipinski definition) is 5. The zero-order valence-corrected chi connectivity index (χ0v) is 37.2. The van der Waals surface area contributed by atoms with Crippen molar-refractivity contribution in [1.29, 1.82) is 10.5 Å². The number of aromatic nitrogens is 5. The number of nitriles is 2. The van der Waals surface area contributed by atoms with E-state index in [9.17, 15) is 10.5 Å². The van der Waals surface area contributed by atoms with Crippen LogP contribution >= 0.6 is 0 Å². The summed E-state index contributed by atoms with van der Waals surface area (Å²) in [7, 11) is 0. The molecule has 0 radical (unpaired) electrons. The summed E-state index contributed by atoms with van der Waals surface area (Å²) in [5.74, 6) is 1.52. The van der Waals surface area contributed by atoms with Crippen molar-refractivity contribution in [2.45, 2.75) is 13.8 Å². The molecule has 0 bridgehead atoms. The Hall–Kier alpha value is -9.43. The molecule has 0 saturated heterocycles. The van der Waals surface area contributed by atoms with E-state index in [0.717, 1.165) is 72.4 Å². The first-order chi connectivity index (χ1) is 33.4. The van der Waals surface area contributed by atoms with E-state index >= 15 is 0 Å². The number of aryl methyl sites for hydroxylation is 2. The van der Waals surface area contributed by atoms with Gasteiger partial charge in [0.2, 0.25) is 0 Å². The van der Waals surface area contributed by atoms with Crippen LogP contribution in [-0.4, -0.2) is 24.1 Å². The molecule has 12 aromatic rings. The summed E-state index contributed by atoms with van der Waals surface area (Å²) in [6.45, 7) is 4.26. The summed E-state index contributed by atoms with van der Waals surface area (Å²) in [6, 6.07) is 73.2. The van der Waals surface area contributed by atoms with Crippen LogP contribution in [0.3, 0.4) is 0 Å². The molecule has 3 heterocycles. The number of nitrogens with zero attached hydrogens (tertiary/aromatic N) is 7. The lowest BCUT2D eigenvalue weighted by atomic mass is 9.96. The summed E-state index contributed by atoms with van der Waals surface area (Å²) in [5, 5.41) is 24.3. The van der Waals surface area contributed by atoms with Crippen LogP contribution in [0.5, 0.6) is 0 Å². The van der Waals surface area contributed by atoms with Crippen LogP contribution in [0.1, 0.15) is 22.3 Å². The molecule has 0 aliphatic carbocycles. The van der Waals surface area contributed by atoms with E-state index < -0.39 is 0 Å². The van der Waals surface area contributed by atoms with Crippen molar-refractivity contribution in [2.24, 2.45) is 0 Å². The first-order valence-corrected chi connectivity index (χ1v) is 22.5. The van der Waals surface area contributed by atoms with Crippen molar-refractivity contribution in [3.05, 3.63) is 222 Å². The van der Waals surface area contributed by atoms with E-state index in [0.29, 0.717) is 28.6 Å². The molecule has 0 N–H and O–H groups in total. The van der Waals surface area contributed by atoms with Gasteiger partial charge in [-0.3, -0.25) is 0 Å². The van der Waals surface area contributed by atoms with Crippen LogP contribution < -0.4 is 0 Å². The van der Waals surface area contributed by atoms with E-state index in [4.69, 9.17) is 15.0 Å². The lowest BCUT2D eigenvalue weighted by Crippen LogP contribution is -2.04. The normalized spacial score (nSPS) is 11.4.